The van der Waals surface area contributed by atoms with Crippen molar-refractivity contribution in [3.63, 3.8) is 0 Å². The lowest BCUT2D eigenvalue weighted by Crippen LogP contribution is -3.00. The van der Waals surface area contributed by atoms with Gasteiger partial charge in [-0.3, -0.25) is 0 Å². The van der Waals surface area contributed by atoms with Gasteiger partial charge in [-0.25, -0.2) is 0 Å². The molecule has 0 amide bonds. The smallest absolute Gasteiger partial charge is 0.140 e. The quantitative estimate of drug-likeness (QED) is 0.501. The molecule has 2 heterocycles. The number of allylic oxidation sites excluding steroid dienone is 4. The van der Waals surface area contributed by atoms with E-state index in [0.717, 1.165) is 5.75 Å². The molecule has 0 radical (unpaired) electrons. The first-order valence-electron chi connectivity index (χ1n) is 7.67. The third-order valence-electron chi connectivity index (χ3n) is 5.01. The van der Waals surface area contributed by atoms with Crippen molar-refractivity contribution in [2.75, 3.05) is 14.2 Å². The Kier molecular flexibility index (Phi) is 4.14. The predicted molar refractivity (Wildman–Crippen MR) is 88.6 cm³/mol. The largest absolute Gasteiger partial charge is 1.00 e. The minimum absolute atomic E-state index is 0. The summed E-state index contributed by atoms with van der Waals surface area (Å²) in [5, 5.41) is 2.39. The van der Waals surface area contributed by atoms with Crippen LogP contribution < -0.4 is 34.0 Å². The van der Waals surface area contributed by atoms with Crippen molar-refractivity contribution < 1.29 is 34.0 Å². The van der Waals surface area contributed by atoms with E-state index in [4.69, 9.17) is 4.74 Å². The molecule has 1 unspecified atom stereocenters. The topological polar surface area (TPSA) is 29.1 Å². The third kappa shape index (κ3) is 2.35. The lowest BCUT2D eigenvalue weighted by atomic mass is 9.79. The van der Waals surface area contributed by atoms with E-state index in [1.54, 1.807) is 7.11 Å². The SMILES string of the molecule is COc1ccc2c(c1)C1=C(C)C3=CN(C)C=CC3=C(C)C1[NH2+]2.[I-]. The maximum Gasteiger partial charge on any atom is 0.140 e. The highest BCUT2D eigenvalue weighted by molar-refractivity contribution is 5.88. The van der Waals surface area contributed by atoms with Crippen LogP contribution in [-0.4, -0.2) is 25.1 Å². The summed E-state index contributed by atoms with van der Waals surface area (Å²) in [5.74, 6) is 0.926. The molecule has 1 aromatic rings. The van der Waals surface area contributed by atoms with Crippen LogP contribution in [0.5, 0.6) is 5.75 Å². The number of fused-ring (bicyclic) bond motifs is 4. The molecule has 0 spiro atoms. The van der Waals surface area contributed by atoms with Crippen molar-refractivity contribution >= 4 is 11.3 Å². The van der Waals surface area contributed by atoms with E-state index in [-0.39, 0.29) is 24.0 Å². The summed E-state index contributed by atoms with van der Waals surface area (Å²) in [6, 6.07) is 6.78. The van der Waals surface area contributed by atoms with E-state index in [9.17, 15) is 0 Å². The molecule has 1 atom stereocenters. The molecule has 0 aromatic heterocycles. The fourth-order valence-corrected chi connectivity index (χ4v) is 3.80. The Morgan fingerprint density at radius 1 is 1.22 bits per heavy atom. The van der Waals surface area contributed by atoms with Crippen LogP contribution in [0, 0.1) is 0 Å². The predicted octanol–water partition coefficient (Wildman–Crippen LogP) is -0.277. The molecule has 3 nitrogen and oxygen atoms in total. The summed E-state index contributed by atoms with van der Waals surface area (Å²) in [5.41, 5.74) is 9.61. The molecule has 0 fully saturated rings. The van der Waals surface area contributed by atoms with Crippen LogP contribution in [0.4, 0.5) is 5.69 Å². The van der Waals surface area contributed by atoms with Gasteiger partial charge in [-0.15, -0.1) is 0 Å². The lowest BCUT2D eigenvalue weighted by Gasteiger charge is -2.29. The summed E-state index contributed by atoms with van der Waals surface area (Å²) < 4.78 is 5.42. The molecular formula is C19H21IN2O. The molecule has 23 heavy (non-hydrogen) atoms. The first-order chi connectivity index (χ1) is 10.6. The van der Waals surface area contributed by atoms with Crippen molar-refractivity contribution in [1.82, 2.24) is 4.90 Å². The zero-order chi connectivity index (χ0) is 15.4. The maximum absolute atomic E-state index is 5.42. The highest BCUT2D eigenvalue weighted by atomic mass is 127. The molecule has 120 valence electrons. The van der Waals surface area contributed by atoms with Crippen molar-refractivity contribution in [2.24, 2.45) is 0 Å². The van der Waals surface area contributed by atoms with E-state index in [0.29, 0.717) is 6.04 Å². The second-order valence-corrected chi connectivity index (χ2v) is 6.26. The van der Waals surface area contributed by atoms with Crippen molar-refractivity contribution in [1.29, 1.82) is 0 Å². The Morgan fingerprint density at radius 2 is 2.00 bits per heavy atom. The average molecular weight is 420 g/mol. The van der Waals surface area contributed by atoms with Gasteiger partial charge in [-0.2, -0.15) is 0 Å². The summed E-state index contributed by atoms with van der Waals surface area (Å²) in [6.07, 6.45) is 6.60. The number of ether oxygens (including phenoxy) is 1. The molecule has 0 bridgehead atoms. The van der Waals surface area contributed by atoms with Crippen LogP contribution in [0.1, 0.15) is 19.4 Å². The molecule has 2 aliphatic heterocycles. The molecule has 1 aliphatic carbocycles. The minimum atomic E-state index is 0. The van der Waals surface area contributed by atoms with Crippen molar-refractivity contribution in [3.8, 4) is 5.75 Å². The Morgan fingerprint density at radius 3 is 2.74 bits per heavy atom. The first-order valence-corrected chi connectivity index (χ1v) is 7.67. The molecule has 4 rings (SSSR count). The Balaban J connectivity index is 0.00000156. The number of methoxy groups -OCH3 is 1. The van der Waals surface area contributed by atoms with Gasteiger partial charge in [-0.05, 0) is 48.8 Å². The maximum atomic E-state index is 5.42. The van der Waals surface area contributed by atoms with Crippen LogP contribution in [-0.2, 0) is 0 Å². The van der Waals surface area contributed by atoms with Crippen LogP contribution in [0.3, 0.4) is 0 Å². The number of nitrogens with two attached hydrogens (primary N) is 1. The van der Waals surface area contributed by atoms with Gasteiger partial charge in [0.05, 0.1) is 7.11 Å². The molecule has 4 heteroatoms. The Labute approximate surface area is 154 Å². The number of benzene rings is 1. The third-order valence-corrected chi connectivity index (χ3v) is 5.01. The Bertz CT molecular complexity index is 802. The van der Waals surface area contributed by atoms with E-state index in [1.165, 1.54) is 39.1 Å². The van der Waals surface area contributed by atoms with Gasteiger partial charge in [0, 0.05) is 42.2 Å². The van der Waals surface area contributed by atoms with Crippen LogP contribution in [0.15, 0.2) is 59.0 Å². The second kappa shape index (κ2) is 5.83. The number of hydrogen-bond acceptors (Lipinski definition) is 2. The van der Waals surface area contributed by atoms with E-state index >= 15 is 0 Å². The van der Waals surface area contributed by atoms with Gasteiger partial charge >= 0.3 is 0 Å². The van der Waals surface area contributed by atoms with Gasteiger partial charge in [0.2, 0.25) is 0 Å². The second-order valence-electron chi connectivity index (χ2n) is 6.26. The fourth-order valence-electron chi connectivity index (χ4n) is 3.80. The van der Waals surface area contributed by atoms with Crippen molar-refractivity contribution in [2.45, 2.75) is 19.9 Å². The number of nitrogens with zero attached hydrogens (tertiary/aromatic N) is 1. The van der Waals surface area contributed by atoms with Gasteiger partial charge in [0.15, 0.2) is 0 Å². The monoisotopic (exact) mass is 420 g/mol. The highest BCUT2D eigenvalue weighted by Crippen LogP contribution is 2.44. The molecule has 1 aromatic carbocycles. The van der Waals surface area contributed by atoms with E-state index in [1.807, 2.05) is 6.07 Å². The van der Waals surface area contributed by atoms with E-state index < -0.39 is 0 Å². The summed E-state index contributed by atoms with van der Waals surface area (Å²) in [7, 11) is 3.81. The fraction of sp³-hybridized carbons (Fsp3) is 0.263. The first kappa shape index (κ1) is 16.3. The van der Waals surface area contributed by atoms with E-state index in [2.05, 4.69) is 61.7 Å². The number of rotatable bonds is 1. The van der Waals surface area contributed by atoms with Gasteiger partial charge in [0.25, 0.3) is 0 Å². The molecule has 0 saturated heterocycles. The van der Waals surface area contributed by atoms with Gasteiger partial charge in [0.1, 0.15) is 17.5 Å². The minimum Gasteiger partial charge on any atom is -1.00 e. The van der Waals surface area contributed by atoms with Crippen molar-refractivity contribution in [3.05, 3.63) is 64.5 Å². The standard InChI is InChI=1S/C19H20N2O.HI/c1-11-16-10-21(3)8-7-14(16)12(2)19-18(11)15-9-13(22-4)5-6-17(15)20-19;/h5-10,19-20H,1-4H3;1H. The van der Waals surface area contributed by atoms with Gasteiger partial charge < -0.3 is 38.9 Å². The number of quaternary nitrogens is 1. The molecule has 3 aliphatic rings. The van der Waals surface area contributed by atoms with Crippen LogP contribution in [0.2, 0.25) is 0 Å². The van der Waals surface area contributed by atoms with Crippen LogP contribution in [0.25, 0.3) is 5.57 Å². The molecular weight excluding hydrogens is 399 g/mol. The summed E-state index contributed by atoms with van der Waals surface area (Å²) >= 11 is 0. The zero-order valence-corrected chi connectivity index (χ0v) is 16.0. The van der Waals surface area contributed by atoms with Crippen LogP contribution >= 0.6 is 0 Å². The average Bonchev–Trinajstić information content (AvgIpc) is 2.91. The lowest BCUT2D eigenvalue weighted by molar-refractivity contribution is -0.581. The Hall–Kier alpha value is -1.53. The summed E-state index contributed by atoms with van der Waals surface area (Å²) in [4.78, 5) is 2.13. The zero-order valence-electron chi connectivity index (χ0n) is 13.9. The summed E-state index contributed by atoms with van der Waals surface area (Å²) in [6.45, 7) is 4.51. The number of hydrogen-bond donors (Lipinski definition) is 1. The normalized spacial score (nSPS) is 21.5. The molecule has 2 N–H and O–H groups in total. The van der Waals surface area contributed by atoms with Gasteiger partial charge in [-0.1, -0.05) is 0 Å². The molecule has 0 saturated carbocycles. The number of halogens is 1. The highest BCUT2D eigenvalue weighted by Gasteiger charge is 2.39.